The van der Waals surface area contributed by atoms with Crippen LogP contribution in [0.3, 0.4) is 0 Å². The molecule has 3 amide bonds. The molecule has 0 radical (unpaired) electrons. The lowest BCUT2D eigenvalue weighted by Crippen LogP contribution is -2.42. The first-order valence-electron chi connectivity index (χ1n) is 6.19. The Morgan fingerprint density at radius 2 is 1.94 bits per heavy atom. The molecule has 1 N–H and O–H groups in total. The van der Waals surface area contributed by atoms with Crippen LogP contribution in [-0.4, -0.2) is 28.7 Å². The summed E-state index contributed by atoms with van der Waals surface area (Å²) in [5.74, 6) is 0.0382. The fourth-order valence-electron chi connectivity index (χ4n) is 1.67. The highest BCUT2D eigenvalue weighted by Gasteiger charge is 2.46. The van der Waals surface area contributed by atoms with E-state index in [1.165, 1.54) is 0 Å². The standard InChI is InChI=1S/C12H21N3O2/c1-5-9(6-2)8-13-15-10(16)12(4,7-3)14-11(15)17/h8-9H,5-7H2,1-4H3,(H,14,17)/b13-8+. The molecule has 0 bridgehead atoms. The van der Waals surface area contributed by atoms with Crippen molar-refractivity contribution < 1.29 is 9.59 Å². The maximum Gasteiger partial charge on any atom is 0.346 e. The van der Waals surface area contributed by atoms with Gasteiger partial charge in [-0.25, -0.2) is 4.79 Å². The van der Waals surface area contributed by atoms with Crippen LogP contribution in [0.25, 0.3) is 0 Å². The Kier molecular flexibility index (Phi) is 4.26. The van der Waals surface area contributed by atoms with E-state index in [1.54, 1.807) is 13.1 Å². The van der Waals surface area contributed by atoms with Crippen LogP contribution in [0.15, 0.2) is 5.10 Å². The third kappa shape index (κ3) is 2.65. The molecule has 1 aliphatic rings. The number of carbonyl (C=O) groups is 2. The summed E-state index contributed by atoms with van der Waals surface area (Å²) in [4.78, 5) is 23.6. The van der Waals surface area contributed by atoms with E-state index < -0.39 is 11.6 Å². The van der Waals surface area contributed by atoms with Gasteiger partial charge in [-0.1, -0.05) is 20.8 Å². The first-order valence-corrected chi connectivity index (χ1v) is 6.19. The summed E-state index contributed by atoms with van der Waals surface area (Å²) in [6, 6.07) is -0.429. The predicted octanol–water partition coefficient (Wildman–Crippen LogP) is 2.13. The molecule has 0 saturated carbocycles. The predicted molar refractivity (Wildman–Crippen MR) is 66.6 cm³/mol. The number of hydrazone groups is 1. The van der Waals surface area contributed by atoms with E-state index >= 15 is 0 Å². The van der Waals surface area contributed by atoms with Gasteiger partial charge in [0.05, 0.1) is 0 Å². The Hall–Kier alpha value is -1.39. The average Bonchev–Trinajstić information content (AvgIpc) is 2.54. The minimum Gasteiger partial charge on any atom is -0.322 e. The van der Waals surface area contributed by atoms with Crippen LogP contribution in [0.4, 0.5) is 4.79 Å². The highest BCUT2D eigenvalue weighted by molar-refractivity contribution is 6.06. The van der Waals surface area contributed by atoms with Gasteiger partial charge in [0.1, 0.15) is 5.54 Å². The average molecular weight is 239 g/mol. The molecular weight excluding hydrogens is 218 g/mol. The normalized spacial score (nSPS) is 25.1. The van der Waals surface area contributed by atoms with E-state index in [0.29, 0.717) is 12.3 Å². The molecular formula is C12H21N3O2. The van der Waals surface area contributed by atoms with Crippen LogP contribution in [-0.2, 0) is 4.79 Å². The Balaban J connectivity index is 2.79. The molecule has 1 aliphatic heterocycles. The maximum atomic E-state index is 12.0. The van der Waals surface area contributed by atoms with Crippen molar-refractivity contribution in [3.05, 3.63) is 0 Å². The van der Waals surface area contributed by atoms with Gasteiger partial charge < -0.3 is 5.32 Å². The van der Waals surface area contributed by atoms with Gasteiger partial charge in [0.25, 0.3) is 5.91 Å². The van der Waals surface area contributed by atoms with Gasteiger partial charge >= 0.3 is 6.03 Å². The summed E-state index contributed by atoms with van der Waals surface area (Å²) in [6.07, 6.45) is 4.16. The number of nitrogens with one attached hydrogen (secondary N) is 1. The number of rotatable bonds is 5. The number of hydrogen-bond acceptors (Lipinski definition) is 3. The fraction of sp³-hybridized carbons (Fsp3) is 0.750. The number of imide groups is 1. The van der Waals surface area contributed by atoms with Crippen molar-refractivity contribution in [2.75, 3.05) is 0 Å². The van der Waals surface area contributed by atoms with E-state index in [1.807, 2.05) is 6.92 Å². The number of nitrogens with zero attached hydrogens (tertiary/aromatic N) is 2. The molecule has 0 aromatic carbocycles. The Morgan fingerprint density at radius 1 is 1.35 bits per heavy atom. The van der Waals surface area contributed by atoms with Gasteiger partial charge in [0, 0.05) is 6.21 Å². The first kappa shape index (κ1) is 13.7. The molecule has 0 spiro atoms. The molecule has 1 atom stereocenters. The summed E-state index contributed by atoms with van der Waals surface area (Å²) in [7, 11) is 0. The van der Waals surface area contributed by atoms with Crippen LogP contribution in [0, 0.1) is 5.92 Å². The highest BCUT2D eigenvalue weighted by atomic mass is 16.2. The number of carbonyl (C=O) groups excluding carboxylic acids is 2. The quantitative estimate of drug-likeness (QED) is 0.590. The van der Waals surface area contributed by atoms with E-state index in [0.717, 1.165) is 17.9 Å². The minimum atomic E-state index is -0.803. The van der Waals surface area contributed by atoms with Gasteiger partial charge in [0.15, 0.2) is 0 Å². The second kappa shape index (κ2) is 5.29. The molecule has 17 heavy (non-hydrogen) atoms. The zero-order chi connectivity index (χ0) is 13.1. The highest BCUT2D eigenvalue weighted by Crippen LogP contribution is 2.21. The van der Waals surface area contributed by atoms with E-state index in [2.05, 4.69) is 24.3 Å². The zero-order valence-electron chi connectivity index (χ0n) is 11.0. The SMILES string of the molecule is CCC(/C=N/N1C(=O)NC(C)(CC)C1=O)CC. The minimum absolute atomic E-state index is 0.271. The Bertz CT molecular complexity index is 337. The summed E-state index contributed by atoms with van der Waals surface area (Å²) in [5.41, 5.74) is -0.803. The largest absolute Gasteiger partial charge is 0.346 e. The van der Waals surface area contributed by atoms with Gasteiger partial charge in [-0.05, 0) is 32.1 Å². The lowest BCUT2D eigenvalue weighted by atomic mass is 10.00. The number of amides is 3. The van der Waals surface area contributed by atoms with Crippen LogP contribution >= 0.6 is 0 Å². The smallest absolute Gasteiger partial charge is 0.322 e. The molecule has 1 unspecified atom stereocenters. The van der Waals surface area contributed by atoms with E-state index in [4.69, 9.17) is 0 Å². The fourth-order valence-corrected chi connectivity index (χ4v) is 1.67. The van der Waals surface area contributed by atoms with Gasteiger partial charge in [-0.3, -0.25) is 4.79 Å². The van der Waals surface area contributed by atoms with Crippen LogP contribution in [0.5, 0.6) is 0 Å². The number of hydrogen-bond donors (Lipinski definition) is 1. The summed E-state index contributed by atoms with van der Waals surface area (Å²) in [5, 5.41) is 7.63. The summed E-state index contributed by atoms with van der Waals surface area (Å²) in [6.45, 7) is 7.70. The van der Waals surface area contributed by atoms with Crippen molar-refractivity contribution >= 4 is 18.2 Å². The third-order valence-electron chi connectivity index (χ3n) is 3.39. The lowest BCUT2D eigenvalue weighted by molar-refractivity contribution is -0.130. The van der Waals surface area contributed by atoms with Crippen LogP contribution in [0.1, 0.15) is 47.0 Å². The van der Waals surface area contributed by atoms with Crippen molar-refractivity contribution in [1.29, 1.82) is 0 Å². The molecule has 0 aromatic heterocycles. The lowest BCUT2D eigenvalue weighted by Gasteiger charge is -2.17. The Labute approximate surface area is 102 Å². The van der Waals surface area contributed by atoms with E-state index in [9.17, 15) is 9.59 Å². The third-order valence-corrected chi connectivity index (χ3v) is 3.39. The van der Waals surface area contributed by atoms with Crippen molar-refractivity contribution in [1.82, 2.24) is 10.3 Å². The monoisotopic (exact) mass is 239 g/mol. The summed E-state index contributed by atoms with van der Waals surface area (Å²) < 4.78 is 0. The number of urea groups is 1. The topological polar surface area (TPSA) is 61.8 Å². The summed E-state index contributed by atoms with van der Waals surface area (Å²) >= 11 is 0. The van der Waals surface area contributed by atoms with Crippen LogP contribution < -0.4 is 5.32 Å². The second-order valence-corrected chi connectivity index (χ2v) is 4.57. The van der Waals surface area contributed by atoms with Gasteiger partial charge in [0.2, 0.25) is 0 Å². The van der Waals surface area contributed by atoms with Crippen molar-refractivity contribution in [3.8, 4) is 0 Å². The molecule has 1 rings (SSSR count). The second-order valence-electron chi connectivity index (χ2n) is 4.57. The molecule has 0 aromatic rings. The van der Waals surface area contributed by atoms with Crippen molar-refractivity contribution in [2.24, 2.45) is 11.0 Å². The van der Waals surface area contributed by atoms with Crippen molar-refractivity contribution in [3.63, 3.8) is 0 Å². The Morgan fingerprint density at radius 3 is 2.35 bits per heavy atom. The molecule has 0 aliphatic carbocycles. The molecule has 1 heterocycles. The first-order chi connectivity index (χ1) is 7.98. The van der Waals surface area contributed by atoms with Gasteiger partial charge in [-0.2, -0.15) is 5.10 Å². The molecule has 1 saturated heterocycles. The zero-order valence-corrected chi connectivity index (χ0v) is 11.0. The van der Waals surface area contributed by atoms with E-state index in [-0.39, 0.29) is 5.91 Å². The van der Waals surface area contributed by atoms with Gasteiger partial charge in [-0.15, -0.1) is 5.01 Å². The molecule has 96 valence electrons. The molecule has 5 heteroatoms. The van der Waals surface area contributed by atoms with Crippen molar-refractivity contribution in [2.45, 2.75) is 52.5 Å². The van der Waals surface area contributed by atoms with Crippen LogP contribution in [0.2, 0.25) is 0 Å². The maximum absolute atomic E-state index is 12.0. The molecule has 1 fully saturated rings. The molecule has 5 nitrogen and oxygen atoms in total.